The molecule has 4 rings (SSSR count). The molecule has 5 heteroatoms. The van der Waals surface area contributed by atoms with Crippen molar-refractivity contribution in [3.63, 3.8) is 0 Å². The van der Waals surface area contributed by atoms with Crippen molar-refractivity contribution in [3.05, 3.63) is 105 Å². The maximum absolute atomic E-state index is 14.0. The third-order valence-electron chi connectivity index (χ3n) is 6.55. The summed E-state index contributed by atoms with van der Waals surface area (Å²) >= 11 is 0. The molecule has 5 nitrogen and oxygen atoms in total. The molecule has 3 aromatic carbocycles. The summed E-state index contributed by atoms with van der Waals surface area (Å²) in [5.74, 6) is 1.65. The minimum absolute atomic E-state index is 0.0160. The van der Waals surface area contributed by atoms with E-state index in [4.69, 9.17) is 9.72 Å². The van der Waals surface area contributed by atoms with Crippen molar-refractivity contribution in [1.29, 1.82) is 5.26 Å². The van der Waals surface area contributed by atoms with Crippen LogP contribution in [0.25, 0.3) is 22.3 Å². The fraction of sp³-hybridized carbons (Fsp3) is 0.281. The van der Waals surface area contributed by atoms with Gasteiger partial charge in [0, 0.05) is 6.42 Å². The molecule has 4 aromatic rings. The Labute approximate surface area is 219 Å². The molecule has 1 aromatic heterocycles. The molecule has 0 N–H and O–H groups in total. The van der Waals surface area contributed by atoms with E-state index in [0.29, 0.717) is 30.7 Å². The van der Waals surface area contributed by atoms with Crippen LogP contribution in [0.1, 0.15) is 55.4 Å². The van der Waals surface area contributed by atoms with Gasteiger partial charge in [0.25, 0.3) is 5.56 Å². The van der Waals surface area contributed by atoms with Crippen LogP contribution in [0.4, 0.5) is 0 Å². The summed E-state index contributed by atoms with van der Waals surface area (Å²) in [6.07, 6.45) is 2.32. The lowest BCUT2D eigenvalue weighted by Crippen LogP contribution is -2.29. The van der Waals surface area contributed by atoms with Crippen molar-refractivity contribution < 1.29 is 4.74 Å². The van der Waals surface area contributed by atoms with E-state index in [9.17, 15) is 10.1 Å². The first-order valence-electron chi connectivity index (χ1n) is 12.9. The summed E-state index contributed by atoms with van der Waals surface area (Å²) in [6.45, 7) is 9.16. The third-order valence-corrected chi connectivity index (χ3v) is 6.55. The molecule has 0 aliphatic heterocycles. The number of aryl methyl sites for hydroxylation is 3. The van der Waals surface area contributed by atoms with Gasteiger partial charge in [0.15, 0.2) is 0 Å². The van der Waals surface area contributed by atoms with Crippen LogP contribution in [0.2, 0.25) is 0 Å². The zero-order valence-electron chi connectivity index (χ0n) is 22.0. The number of nitrogens with zero attached hydrogens (tertiary/aromatic N) is 3. The number of ether oxygens (including phenoxy) is 1. The Kier molecular flexibility index (Phi) is 8.20. The van der Waals surface area contributed by atoms with Crippen molar-refractivity contribution in [2.75, 3.05) is 6.61 Å². The number of hydrogen-bond acceptors (Lipinski definition) is 4. The molecule has 0 aliphatic carbocycles. The zero-order valence-corrected chi connectivity index (χ0v) is 22.0. The molecule has 0 atom stereocenters. The summed E-state index contributed by atoms with van der Waals surface area (Å²) < 4.78 is 7.53. The monoisotopic (exact) mass is 491 g/mol. The van der Waals surface area contributed by atoms with E-state index in [0.717, 1.165) is 57.9 Å². The maximum atomic E-state index is 14.0. The van der Waals surface area contributed by atoms with Crippen molar-refractivity contribution in [3.8, 4) is 34.1 Å². The quantitative estimate of drug-likeness (QED) is 0.261. The van der Waals surface area contributed by atoms with E-state index in [1.54, 1.807) is 0 Å². The van der Waals surface area contributed by atoms with Crippen LogP contribution in [0.5, 0.6) is 5.75 Å². The Balaban J connectivity index is 1.77. The number of aromatic nitrogens is 2. The molecule has 0 aliphatic rings. The first kappa shape index (κ1) is 25.9. The van der Waals surface area contributed by atoms with Crippen molar-refractivity contribution in [2.45, 2.75) is 53.5 Å². The highest BCUT2D eigenvalue weighted by atomic mass is 16.5. The highest BCUT2D eigenvalue weighted by Crippen LogP contribution is 2.28. The minimum Gasteiger partial charge on any atom is -0.494 e. The maximum Gasteiger partial charge on any atom is 0.261 e. The van der Waals surface area contributed by atoms with Gasteiger partial charge in [-0.15, -0.1) is 0 Å². The predicted molar refractivity (Wildman–Crippen MR) is 149 cm³/mol. The first-order chi connectivity index (χ1) is 18.0. The lowest BCUT2D eigenvalue weighted by atomic mass is 9.99. The molecular formula is C32H33N3O2. The average molecular weight is 492 g/mol. The van der Waals surface area contributed by atoms with Crippen LogP contribution in [0, 0.1) is 18.3 Å². The van der Waals surface area contributed by atoms with E-state index in [2.05, 4.69) is 13.0 Å². The largest absolute Gasteiger partial charge is 0.494 e. The summed E-state index contributed by atoms with van der Waals surface area (Å²) in [7, 11) is 0. The van der Waals surface area contributed by atoms with Gasteiger partial charge in [-0.2, -0.15) is 5.26 Å². The van der Waals surface area contributed by atoms with E-state index < -0.39 is 0 Å². The smallest absolute Gasteiger partial charge is 0.261 e. The molecule has 0 fully saturated rings. The molecule has 188 valence electrons. The minimum atomic E-state index is -0.0160. The van der Waals surface area contributed by atoms with Crippen molar-refractivity contribution >= 4 is 0 Å². The lowest BCUT2D eigenvalue weighted by molar-refractivity contribution is 0.338. The van der Waals surface area contributed by atoms with Gasteiger partial charge in [0.1, 0.15) is 11.6 Å². The second-order valence-corrected chi connectivity index (χ2v) is 9.11. The molecule has 0 bridgehead atoms. The topological polar surface area (TPSA) is 67.9 Å². The van der Waals surface area contributed by atoms with Crippen molar-refractivity contribution in [1.82, 2.24) is 9.55 Å². The highest BCUT2D eigenvalue weighted by molar-refractivity contribution is 5.70. The number of benzene rings is 3. The normalized spacial score (nSPS) is 10.8. The van der Waals surface area contributed by atoms with Crippen LogP contribution in [0.3, 0.4) is 0 Å². The fourth-order valence-corrected chi connectivity index (χ4v) is 4.70. The summed E-state index contributed by atoms with van der Waals surface area (Å²) in [5.41, 5.74) is 6.88. The van der Waals surface area contributed by atoms with Crippen LogP contribution in [-0.4, -0.2) is 16.2 Å². The average Bonchev–Trinajstić information content (AvgIpc) is 2.92. The second-order valence-electron chi connectivity index (χ2n) is 9.11. The van der Waals surface area contributed by atoms with Gasteiger partial charge < -0.3 is 4.74 Å². The molecule has 0 amide bonds. The molecule has 0 radical (unpaired) electrons. The SMILES string of the molecule is CCCc1nc(CC)c(-c2ccc(OCC)c(C)c2)c(=O)n1Cc1ccc(-c2ccccc2C#N)cc1. The van der Waals surface area contributed by atoms with Gasteiger partial charge >= 0.3 is 0 Å². The van der Waals surface area contributed by atoms with Crippen LogP contribution < -0.4 is 10.3 Å². The number of rotatable bonds is 9. The summed E-state index contributed by atoms with van der Waals surface area (Å²) in [6, 6.07) is 23.9. The van der Waals surface area contributed by atoms with Crippen LogP contribution >= 0.6 is 0 Å². The Bertz CT molecular complexity index is 1490. The molecule has 0 saturated carbocycles. The van der Waals surface area contributed by atoms with E-state index in [1.165, 1.54) is 0 Å². The number of hydrogen-bond donors (Lipinski definition) is 0. The summed E-state index contributed by atoms with van der Waals surface area (Å²) in [4.78, 5) is 19.0. The molecular weight excluding hydrogens is 458 g/mol. The first-order valence-corrected chi connectivity index (χ1v) is 12.9. The standard InChI is InChI=1S/C32H33N3O2/c1-5-10-30-34-28(6-2)31(25-17-18-29(37-7-3)22(4)19-25)32(36)35(30)21-23-13-15-24(16-14-23)27-12-9-8-11-26(27)20-33/h8-9,11-19H,5-7,10,21H2,1-4H3. The number of nitriles is 1. The van der Waals surface area contributed by atoms with Crippen LogP contribution in [-0.2, 0) is 19.4 Å². The van der Waals surface area contributed by atoms with Gasteiger partial charge in [-0.05, 0) is 72.7 Å². The zero-order chi connectivity index (χ0) is 26.4. The Morgan fingerprint density at radius 1 is 0.973 bits per heavy atom. The van der Waals surface area contributed by atoms with E-state index in [-0.39, 0.29) is 5.56 Å². The van der Waals surface area contributed by atoms with E-state index >= 15 is 0 Å². The molecule has 0 unspecified atom stereocenters. The Hall–Kier alpha value is -4.17. The Morgan fingerprint density at radius 2 is 1.70 bits per heavy atom. The van der Waals surface area contributed by atoms with Gasteiger partial charge in [-0.1, -0.05) is 62.4 Å². The van der Waals surface area contributed by atoms with Crippen molar-refractivity contribution in [2.24, 2.45) is 0 Å². The third kappa shape index (κ3) is 5.49. The van der Waals surface area contributed by atoms with Gasteiger partial charge in [0.2, 0.25) is 0 Å². The molecule has 1 heterocycles. The molecule has 0 spiro atoms. The van der Waals surface area contributed by atoms with Gasteiger partial charge in [0.05, 0.1) is 36.0 Å². The second kappa shape index (κ2) is 11.7. The van der Waals surface area contributed by atoms with Gasteiger partial charge in [-0.3, -0.25) is 9.36 Å². The fourth-order valence-electron chi connectivity index (χ4n) is 4.70. The predicted octanol–water partition coefficient (Wildman–Crippen LogP) is 6.72. The lowest BCUT2D eigenvalue weighted by Gasteiger charge is -2.18. The summed E-state index contributed by atoms with van der Waals surface area (Å²) in [5, 5.41) is 9.46. The molecule has 37 heavy (non-hydrogen) atoms. The highest BCUT2D eigenvalue weighted by Gasteiger charge is 2.18. The molecule has 0 saturated heterocycles. The van der Waals surface area contributed by atoms with Crippen LogP contribution in [0.15, 0.2) is 71.5 Å². The Morgan fingerprint density at radius 3 is 2.35 bits per heavy atom. The van der Waals surface area contributed by atoms with E-state index in [1.807, 2.05) is 92.1 Å². The van der Waals surface area contributed by atoms with Gasteiger partial charge in [-0.25, -0.2) is 4.98 Å².